The Balaban J connectivity index is 1.45. The summed E-state index contributed by atoms with van der Waals surface area (Å²) in [6, 6.07) is 10.5. The van der Waals surface area contributed by atoms with Gasteiger partial charge in [0.15, 0.2) is 0 Å². The summed E-state index contributed by atoms with van der Waals surface area (Å²) in [6.45, 7) is 0.780. The molecule has 1 aliphatic rings. The second kappa shape index (κ2) is 9.07. The normalized spacial score (nSPS) is 16.1. The molecule has 150 valence electrons. The molecule has 1 saturated heterocycles. The van der Waals surface area contributed by atoms with Crippen molar-refractivity contribution < 1.29 is 18.3 Å². The minimum Gasteiger partial charge on any atom is -0.478 e. The minimum absolute atomic E-state index is 0.0705. The lowest BCUT2D eigenvalue weighted by molar-refractivity contribution is 0.0413. The van der Waals surface area contributed by atoms with Gasteiger partial charge in [0.2, 0.25) is 0 Å². The first-order valence-electron chi connectivity index (χ1n) is 8.89. The number of piperidine rings is 1. The summed E-state index contributed by atoms with van der Waals surface area (Å²) in [5.74, 6) is -0.205. The van der Waals surface area contributed by atoms with Crippen LogP contribution >= 0.6 is 23.2 Å². The average molecular weight is 429 g/mol. The summed E-state index contributed by atoms with van der Waals surface area (Å²) in [5, 5.41) is 3.59. The van der Waals surface area contributed by atoms with Crippen LogP contribution in [0.5, 0.6) is 5.75 Å². The van der Waals surface area contributed by atoms with Gasteiger partial charge in [-0.3, -0.25) is 10.1 Å². The molecule has 2 aromatic rings. The maximum Gasteiger partial charge on any atom is 0.253 e. The Morgan fingerprint density at radius 3 is 2.57 bits per heavy atom. The van der Waals surface area contributed by atoms with Crippen molar-refractivity contribution in [2.24, 2.45) is 0 Å². The van der Waals surface area contributed by atoms with E-state index in [1.54, 1.807) is 29.2 Å². The Bertz CT molecular complexity index is 843. The molecule has 0 bridgehead atoms. The predicted octanol–water partition coefficient (Wildman–Crippen LogP) is 4.70. The molecule has 3 rings (SSSR count). The standard InChI is InChI=1S/C20H20Cl2F2N2O2/c21-17-5-4-14(10-18(17)22)19(27)26-8-6-20(24,7-9-26)12-25-13-28-16-3-1-2-15(23)11-16/h1-5,10-11,25H,6-9,12-13H2. The van der Waals surface area contributed by atoms with Gasteiger partial charge in [-0.25, -0.2) is 8.78 Å². The van der Waals surface area contributed by atoms with Crippen LogP contribution in [-0.2, 0) is 0 Å². The van der Waals surface area contributed by atoms with E-state index in [2.05, 4.69) is 5.32 Å². The lowest BCUT2D eigenvalue weighted by Gasteiger charge is -2.36. The highest BCUT2D eigenvalue weighted by Gasteiger charge is 2.36. The van der Waals surface area contributed by atoms with Crippen molar-refractivity contribution in [1.82, 2.24) is 10.2 Å². The molecular formula is C20H20Cl2F2N2O2. The summed E-state index contributed by atoms with van der Waals surface area (Å²) >= 11 is 11.8. The van der Waals surface area contributed by atoms with Crippen molar-refractivity contribution in [3.8, 4) is 5.75 Å². The zero-order valence-electron chi connectivity index (χ0n) is 15.1. The fraction of sp³-hybridized carbons (Fsp3) is 0.350. The summed E-state index contributed by atoms with van der Waals surface area (Å²) in [5.41, 5.74) is -0.998. The van der Waals surface area contributed by atoms with Crippen molar-refractivity contribution in [3.63, 3.8) is 0 Å². The number of hydrogen-bond donors (Lipinski definition) is 1. The third kappa shape index (κ3) is 5.34. The van der Waals surface area contributed by atoms with Gasteiger partial charge in [0.1, 0.15) is 24.0 Å². The number of nitrogens with zero attached hydrogens (tertiary/aromatic N) is 1. The lowest BCUT2D eigenvalue weighted by Crippen LogP contribution is -2.49. The summed E-state index contributed by atoms with van der Waals surface area (Å²) in [7, 11) is 0. The first-order valence-corrected chi connectivity index (χ1v) is 9.64. The molecular weight excluding hydrogens is 409 g/mol. The van der Waals surface area contributed by atoms with E-state index in [9.17, 15) is 13.6 Å². The SMILES string of the molecule is O=C(c1ccc(Cl)c(Cl)c1)N1CCC(F)(CNCOc2cccc(F)c2)CC1. The smallest absolute Gasteiger partial charge is 0.253 e. The van der Waals surface area contributed by atoms with E-state index in [4.69, 9.17) is 27.9 Å². The van der Waals surface area contributed by atoms with Crippen LogP contribution in [0.1, 0.15) is 23.2 Å². The average Bonchev–Trinajstić information content (AvgIpc) is 2.68. The van der Waals surface area contributed by atoms with Gasteiger partial charge in [-0.2, -0.15) is 0 Å². The van der Waals surface area contributed by atoms with Crippen LogP contribution in [-0.4, -0.2) is 42.8 Å². The summed E-state index contributed by atoms with van der Waals surface area (Å²) in [6.07, 6.45) is 0.431. The Morgan fingerprint density at radius 2 is 1.89 bits per heavy atom. The van der Waals surface area contributed by atoms with Crippen LogP contribution in [0.4, 0.5) is 8.78 Å². The number of alkyl halides is 1. The van der Waals surface area contributed by atoms with Crippen LogP contribution in [0.2, 0.25) is 10.0 Å². The fourth-order valence-electron chi connectivity index (χ4n) is 3.07. The van der Waals surface area contributed by atoms with E-state index in [1.807, 2.05) is 0 Å². The number of amides is 1. The second-order valence-electron chi connectivity index (χ2n) is 6.74. The maximum absolute atomic E-state index is 15.0. The Hall–Kier alpha value is -1.89. The van der Waals surface area contributed by atoms with E-state index >= 15 is 0 Å². The molecule has 0 spiro atoms. The molecule has 0 atom stereocenters. The van der Waals surface area contributed by atoms with Crippen LogP contribution in [0.25, 0.3) is 0 Å². The van der Waals surface area contributed by atoms with E-state index in [0.29, 0.717) is 34.4 Å². The van der Waals surface area contributed by atoms with E-state index in [-0.39, 0.29) is 32.0 Å². The molecule has 2 aromatic carbocycles. The van der Waals surface area contributed by atoms with E-state index in [1.165, 1.54) is 18.2 Å². The summed E-state index contributed by atoms with van der Waals surface area (Å²) in [4.78, 5) is 14.2. The Kier molecular flexibility index (Phi) is 6.75. The largest absolute Gasteiger partial charge is 0.478 e. The van der Waals surface area contributed by atoms with Gasteiger partial charge in [-0.15, -0.1) is 0 Å². The number of rotatable bonds is 6. The monoisotopic (exact) mass is 428 g/mol. The molecule has 0 aromatic heterocycles. The second-order valence-corrected chi connectivity index (χ2v) is 7.56. The van der Waals surface area contributed by atoms with Gasteiger partial charge in [0, 0.05) is 44.1 Å². The molecule has 8 heteroatoms. The van der Waals surface area contributed by atoms with Gasteiger partial charge in [0.05, 0.1) is 10.0 Å². The number of carbonyl (C=O) groups is 1. The Morgan fingerprint density at radius 1 is 1.14 bits per heavy atom. The molecule has 28 heavy (non-hydrogen) atoms. The quantitative estimate of drug-likeness (QED) is 0.535. The lowest BCUT2D eigenvalue weighted by atomic mass is 9.93. The van der Waals surface area contributed by atoms with Gasteiger partial charge >= 0.3 is 0 Å². The van der Waals surface area contributed by atoms with Crippen molar-refractivity contribution in [2.45, 2.75) is 18.5 Å². The van der Waals surface area contributed by atoms with Crippen molar-refractivity contribution in [3.05, 3.63) is 63.9 Å². The number of nitrogens with one attached hydrogen (secondary N) is 1. The van der Waals surface area contributed by atoms with Gasteiger partial charge in [-0.1, -0.05) is 29.3 Å². The molecule has 1 fully saturated rings. The number of likely N-dealkylation sites (tertiary alicyclic amines) is 1. The van der Waals surface area contributed by atoms with Gasteiger partial charge < -0.3 is 9.64 Å². The number of hydrogen-bond acceptors (Lipinski definition) is 3. The van der Waals surface area contributed by atoms with Crippen LogP contribution < -0.4 is 10.1 Å². The van der Waals surface area contributed by atoms with Crippen molar-refractivity contribution in [2.75, 3.05) is 26.4 Å². The summed E-state index contributed by atoms with van der Waals surface area (Å²) < 4.78 is 33.4. The van der Waals surface area contributed by atoms with Crippen LogP contribution in [0.15, 0.2) is 42.5 Å². The minimum atomic E-state index is -1.43. The zero-order valence-corrected chi connectivity index (χ0v) is 16.6. The first kappa shape index (κ1) is 20.8. The molecule has 0 radical (unpaired) electrons. The molecule has 0 aliphatic carbocycles. The van der Waals surface area contributed by atoms with Crippen molar-refractivity contribution >= 4 is 29.1 Å². The molecule has 1 heterocycles. The maximum atomic E-state index is 15.0. The molecule has 0 unspecified atom stereocenters. The number of ether oxygens (including phenoxy) is 1. The van der Waals surface area contributed by atoms with E-state index < -0.39 is 11.5 Å². The molecule has 4 nitrogen and oxygen atoms in total. The van der Waals surface area contributed by atoms with Crippen LogP contribution in [0, 0.1) is 5.82 Å². The number of halogens is 4. The zero-order chi connectivity index (χ0) is 20.1. The molecule has 1 N–H and O–H groups in total. The molecule has 1 aliphatic heterocycles. The van der Waals surface area contributed by atoms with Crippen molar-refractivity contribution in [1.29, 1.82) is 0 Å². The Labute approximate surface area is 172 Å². The molecule has 0 saturated carbocycles. The first-order chi connectivity index (χ1) is 13.4. The number of benzene rings is 2. The van der Waals surface area contributed by atoms with E-state index in [0.717, 1.165) is 0 Å². The fourth-order valence-corrected chi connectivity index (χ4v) is 3.36. The highest BCUT2D eigenvalue weighted by molar-refractivity contribution is 6.42. The third-order valence-electron chi connectivity index (χ3n) is 4.69. The number of carbonyl (C=O) groups excluding carboxylic acids is 1. The molecule has 1 amide bonds. The third-order valence-corrected chi connectivity index (χ3v) is 5.43. The van der Waals surface area contributed by atoms with Gasteiger partial charge in [-0.05, 0) is 30.3 Å². The topological polar surface area (TPSA) is 41.6 Å². The van der Waals surface area contributed by atoms with Gasteiger partial charge in [0.25, 0.3) is 5.91 Å². The highest BCUT2D eigenvalue weighted by atomic mass is 35.5. The van der Waals surface area contributed by atoms with Crippen LogP contribution in [0.3, 0.4) is 0 Å². The predicted molar refractivity (Wildman–Crippen MR) is 105 cm³/mol. The highest BCUT2D eigenvalue weighted by Crippen LogP contribution is 2.28.